The van der Waals surface area contributed by atoms with Gasteiger partial charge in [0.05, 0.1) is 0 Å². The zero-order chi connectivity index (χ0) is 13.5. The van der Waals surface area contributed by atoms with E-state index in [1.165, 1.54) is 24.2 Å². The predicted octanol–water partition coefficient (Wildman–Crippen LogP) is 1.63. The third-order valence-electron chi connectivity index (χ3n) is 4.65. The van der Waals surface area contributed by atoms with Gasteiger partial charge in [-0.25, -0.2) is 9.59 Å². The summed E-state index contributed by atoms with van der Waals surface area (Å²) in [6.07, 6.45) is 3.69. The van der Waals surface area contributed by atoms with Crippen LogP contribution in [-0.2, 0) is 4.79 Å². The van der Waals surface area contributed by atoms with Crippen LogP contribution in [0.1, 0.15) is 33.1 Å². The molecule has 0 aromatic rings. The van der Waals surface area contributed by atoms with Crippen LogP contribution in [0.2, 0.25) is 0 Å². The van der Waals surface area contributed by atoms with Gasteiger partial charge in [-0.3, -0.25) is 0 Å². The second kappa shape index (κ2) is 4.44. The van der Waals surface area contributed by atoms with E-state index in [-0.39, 0.29) is 6.03 Å². The third kappa shape index (κ3) is 2.06. The number of fused-ring (bicyclic) bond motifs is 1. The summed E-state index contributed by atoms with van der Waals surface area (Å²) in [5.41, 5.74) is -1.16. The Morgan fingerprint density at radius 2 is 1.72 bits per heavy atom. The number of nitrogens with zero attached hydrogens (tertiary/aromatic N) is 2. The van der Waals surface area contributed by atoms with Crippen LogP contribution in [0.4, 0.5) is 4.79 Å². The number of likely N-dealkylation sites (tertiary alicyclic amines) is 1. The highest BCUT2D eigenvalue weighted by Gasteiger charge is 2.42. The summed E-state index contributed by atoms with van der Waals surface area (Å²) in [6, 6.07) is -0.156. The fourth-order valence-corrected chi connectivity index (χ4v) is 2.99. The molecule has 0 bridgehead atoms. The summed E-state index contributed by atoms with van der Waals surface area (Å²) in [4.78, 5) is 26.6. The van der Waals surface area contributed by atoms with Crippen LogP contribution in [0.5, 0.6) is 0 Å². The number of likely N-dealkylation sites (N-methyl/N-ethyl adjacent to an activating group) is 1. The first kappa shape index (κ1) is 13.2. The van der Waals surface area contributed by atoms with Crippen molar-refractivity contribution in [1.29, 1.82) is 0 Å². The molecule has 2 rings (SSSR count). The molecule has 1 aliphatic carbocycles. The van der Waals surface area contributed by atoms with E-state index in [0.29, 0.717) is 11.8 Å². The number of urea groups is 1. The highest BCUT2D eigenvalue weighted by molar-refractivity contribution is 5.85. The lowest BCUT2D eigenvalue weighted by Crippen LogP contribution is -2.54. The maximum Gasteiger partial charge on any atom is 0.329 e. The maximum absolute atomic E-state index is 12.3. The number of carbonyl (C=O) groups excluding carboxylic acids is 1. The van der Waals surface area contributed by atoms with Crippen LogP contribution < -0.4 is 0 Å². The number of carboxylic acids is 1. The van der Waals surface area contributed by atoms with Crippen molar-refractivity contribution >= 4 is 12.0 Å². The summed E-state index contributed by atoms with van der Waals surface area (Å²) < 4.78 is 0. The van der Waals surface area contributed by atoms with Crippen molar-refractivity contribution in [3.8, 4) is 0 Å². The van der Waals surface area contributed by atoms with Crippen LogP contribution in [0, 0.1) is 11.8 Å². The fourth-order valence-electron chi connectivity index (χ4n) is 2.99. The molecule has 1 N–H and O–H groups in total. The average molecular weight is 254 g/mol. The van der Waals surface area contributed by atoms with Crippen LogP contribution in [0.3, 0.4) is 0 Å². The van der Waals surface area contributed by atoms with Crippen molar-refractivity contribution in [2.45, 2.75) is 38.6 Å². The van der Waals surface area contributed by atoms with Crippen molar-refractivity contribution in [1.82, 2.24) is 9.80 Å². The lowest BCUT2D eigenvalue weighted by Gasteiger charge is -2.34. The van der Waals surface area contributed by atoms with Gasteiger partial charge in [0, 0.05) is 20.1 Å². The van der Waals surface area contributed by atoms with Gasteiger partial charge in [0.15, 0.2) is 0 Å². The molecule has 2 amide bonds. The molecule has 18 heavy (non-hydrogen) atoms. The van der Waals surface area contributed by atoms with E-state index >= 15 is 0 Å². The van der Waals surface area contributed by atoms with Crippen molar-refractivity contribution in [2.75, 3.05) is 20.1 Å². The van der Waals surface area contributed by atoms with E-state index in [9.17, 15) is 9.59 Å². The third-order valence-corrected chi connectivity index (χ3v) is 4.65. The molecule has 102 valence electrons. The highest BCUT2D eigenvalue weighted by Crippen LogP contribution is 2.38. The number of hydrogen-bond acceptors (Lipinski definition) is 2. The summed E-state index contributed by atoms with van der Waals surface area (Å²) in [5, 5.41) is 9.15. The molecule has 0 radical (unpaired) electrons. The Bertz CT molecular complexity index is 355. The van der Waals surface area contributed by atoms with E-state index in [2.05, 4.69) is 0 Å². The van der Waals surface area contributed by atoms with Gasteiger partial charge in [-0.05, 0) is 38.5 Å². The van der Waals surface area contributed by atoms with E-state index in [0.717, 1.165) is 13.1 Å². The Kier molecular flexibility index (Phi) is 3.25. The Morgan fingerprint density at radius 1 is 1.22 bits per heavy atom. The van der Waals surface area contributed by atoms with Gasteiger partial charge < -0.3 is 14.9 Å². The first-order valence-electron chi connectivity index (χ1n) is 6.60. The molecular formula is C13H22N2O3. The van der Waals surface area contributed by atoms with E-state index in [1.807, 2.05) is 4.90 Å². The predicted molar refractivity (Wildman–Crippen MR) is 67.3 cm³/mol. The summed E-state index contributed by atoms with van der Waals surface area (Å²) in [6.45, 7) is 4.71. The largest absolute Gasteiger partial charge is 0.480 e. The van der Waals surface area contributed by atoms with Crippen LogP contribution >= 0.6 is 0 Å². The Balaban J connectivity index is 2.02. The molecule has 0 aromatic carbocycles. The minimum atomic E-state index is -1.16. The van der Waals surface area contributed by atoms with Crippen molar-refractivity contribution < 1.29 is 14.7 Å². The maximum atomic E-state index is 12.3. The van der Waals surface area contributed by atoms with Gasteiger partial charge in [-0.15, -0.1) is 0 Å². The number of carboxylic acid groups (broad SMARTS) is 1. The molecule has 0 spiro atoms. The van der Waals surface area contributed by atoms with Crippen molar-refractivity contribution in [3.05, 3.63) is 0 Å². The van der Waals surface area contributed by atoms with Crippen LogP contribution in [0.15, 0.2) is 0 Å². The van der Waals surface area contributed by atoms with Gasteiger partial charge in [0.2, 0.25) is 0 Å². The second-order valence-corrected chi connectivity index (χ2v) is 6.06. The Morgan fingerprint density at radius 3 is 2.17 bits per heavy atom. The first-order chi connectivity index (χ1) is 8.34. The molecular weight excluding hydrogens is 232 g/mol. The topological polar surface area (TPSA) is 60.9 Å². The zero-order valence-corrected chi connectivity index (χ0v) is 11.3. The summed E-state index contributed by atoms with van der Waals surface area (Å²) in [7, 11) is 1.57. The van der Waals surface area contributed by atoms with Crippen LogP contribution in [-0.4, -0.2) is 52.6 Å². The normalized spacial score (nSPS) is 27.2. The van der Waals surface area contributed by atoms with Gasteiger partial charge in [0.25, 0.3) is 0 Å². The van der Waals surface area contributed by atoms with Crippen LogP contribution in [0.25, 0.3) is 0 Å². The second-order valence-electron chi connectivity index (χ2n) is 6.06. The monoisotopic (exact) mass is 254 g/mol. The number of aliphatic carboxylic acids is 1. The van der Waals surface area contributed by atoms with Crippen molar-refractivity contribution in [2.24, 2.45) is 11.8 Å². The van der Waals surface area contributed by atoms with E-state index in [1.54, 1.807) is 20.9 Å². The molecule has 1 saturated heterocycles. The first-order valence-corrected chi connectivity index (χ1v) is 6.60. The number of carbonyl (C=O) groups is 2. The van der Waals surface area contributed by atoms with Gasteiger partial charge in [-0.1, -0.05) is 6.42 Å². The fraction of sp³-hybridized carbons (Fsp3) is 0.846. The van der Waals surface area contributed by atoms with Gasteiger partial charge in [-0.2, -0.15) is 0 Å². The molecule has 2 aliphatic rings. The lowest BCUT2D eigenvalue weighted by atomic mass is 10.0. The quantitative estimate of drug-likeness (QED) is 0.814. The zero-order valence-electron chi connectivity index (χ0n) is 11.3. The Labute approximate surface area is 108 Å². The standard InChI is InChI=1S/C13H22N2O3/c1-13(2,11(16)17)14(3)12(18)15-7-9-5-4-6-10(9)8-15/h9-10H,4-8H2,1-3H3,(H,16,17). The minimum Gasteiger partial charge on any atom is -0.480 e. The summed E-state index contributed by atoms with van der Waals surface area (Å²) in [5.74, 6) is 0.295. The molecule has 0 aromatic heterocycles. The van der Waals surface area contributed by atoms with E-state index < -0.39 is 11.5 Å². The summed E-state index contributed by atoms with van der Waals surface area (Å²) >= 11 is 0. The van der Waals surface area contributed by atoms with Gasteiger partial charge in [0.1, 0.15) is 5.54 Å². The smallest absolute Gasteiger partial charge is 0.329 e. The SMILES string of the molecule is CN(C(=O)N1CC2CCCC2C1)C(C)(C)C(=O)O. The molecule has 2 unspecified atom stereocenters. The molecule has 2 atom stereocenters. The molecule has 1 heterocycles. The van der Waals surface area contributed by atoms with E-state index in [4.69, 9.17) is 5.11 Å². The number of rotatable bonds is 2. The van der Waals surface area contributed by atoms with Crippen molar-refractivity contribution in [3.63, 3.8) is 0 Å². The molecule has 5 heteroatoms. The molecule has 5 nitrogen and oxygen atoms in total. The molecule has 1 saturated carbocycles. The average Bonchev–Trinajstić information content (AvgIpc) is 2.86. The number of amides is 2. The molecule has 2 fully saturated rings. The minimum absolute atomic E-state index is 0.156. The molecule has 1 aliphatic heterocycles. The van der Waals surface area contributed by atoms with Gasteiger partial charge >= 0.3 is 12.0 Å². The Hall–Kier alpha value is -1.26. The lowest BCUT2D eigenvalue weighted by molar-refractivity contribution is -0.147. The highest BCUT2D eigenvalue weighted by atomic mass is 16.4. The number of hydrogen-bond donors (Lipinski definition) is 1.